The highest BCUT2D eigenvalue weighted by Gasteiger charge is 2.13. The van der Waals surface area contributed by atoms with E-state index in [0.717, 1.165) is 22.3 Å². The third-order valence-electron chi connectivity index (χ3n) is 4.12. The molecule has 24 heavy (non-hydrogen) atoms. The molecule has 0 saturated heterocycles. The van der Waals surface area contributed by atoms with Crippen LogP contribution in [0.1, 0.15) is 24.1 Å². The van der Waals surface area contributed by atoms with E-state index in [-0.39, 0.29) is 18.6 Å². The average molecular weight is 319 g/mol. The molecule has 1 amide bonds. The molecule has 3 heteroatoms. The molecule has 1 unspecified atom stereocenters. The summed E-state index contributed by atoms with van der Waals surface area (Å²) in [4.78, 5) is 12.2. The van der Waals surface area contributed by atoms with Crippen LogP contribution in [0.25, 0.3) is 10.8 Å². The van der Waals surface area contributed by atoms with Crippen LogP contribution in [0, 0.1) is 6.92 Å². The Kier molecular flexibility index (Phi) is 4.80. The van der Waals surface area contributed by atoms with Crippen molar-refractivity contribution >= 4 is 16.7 Å². The average Bonchev–Trinajstić information content (AvgIpc) is 2.60. The number of rotatable bonds is 5. The first-order valence-corrected chi connectivity index (χ1v) is 8.10. The predicted octanol–water partition coefficient (Wildman–Crippen LogP) is 4.40. The van der Waals surface area contributed by atoms with Crippen LogP contribution < -0.4 is 10.1 Å². The largest absolute Gasteiger partial charge is 0.484 e. The summed E-state index contributed by atoms with van der Waals surface area (Å²) >= 11 is 0. The molecule has 3 aromatic carbocycles. The third-order valence-corrected chi connectivity index (χ3v) is 4.12. The Labute approximate surface area is 142 Å². The zero-order chi connectivity index (χ0) is 16.9. The standard InChI is InChI=1S/C21H21NO2/c1-15-8-3-6-13-20(15)24-14-21(23)22-16(2)18-12-7-10-17-9-4-5-11-19(17)18/h3-13,16H,14H2,1-2H3,(H,22,23). The van der Waals surface area contributed by atoms with Crippen molar-refractivity contribution < 1.29 is 9.53 Å². The fraction of sp³-hybridized carbons (Fsp3) is 0.190. The summed E-state index contributed by atoms with van der Waals surface area (Å²) in [6, 6.07) is 21.9. The molecule has 0 heterocycles. The van der Waals surface area contributed by atoms with Crippen LogP contribution in [0.2, 0.25) is 0 Å². The maximum Gasteiger partial charge on any atom is 0.258 e. The second kappa shape index (κ2) is 7.18. The number of ether oxygens (including phenoxy) is 1. The van der Waals surface area contributed by atoms with E-state index in [9.17, 15) is 4.79 Å². The van der Waals surface area contributed by atoms with Crippen LogP contribution in [0.5, 0.6) is 5.75 Å². The fourth-order valence-corrected chi connectivity index (χ4v) is 2.85. The molecular formula is C21H21NO2. The van der Waals surface area contributed by atoms with Gasteiger partial charge in [0, 0.05) is 0 Å². The van der Waals surface area contributed by atoms with E-state index < -0.39 is 0 Å². The van der Waals surface area contributed by atoms with E-state index in [2.05, 4.69) is 29.6 Å². The van der Waals surface area contributed by atoms with Gasteiger partial charge in [-0.25, -0.2) is 0 Å². The van der Waals surface area contributed by atoms with Crippen LogP contribution in [-0.2, 0) is 4.79 Å². The zero-order valence-electron chi connectivity index (χ0n) is 14.0. The summed E-state index contributed by atoms with van der Waals surface area (Å²) in [6.07, 6.45) is 0. The minimum absolute atomic E-state index is 0.0138. The molecule has 0 bridgehead atoms. The maximum absolute atomic E-state index is 12.2. The number of fused-ring (bicyclic) bond motifs is 1. The van der Waals surface area contributed by atoms with Crippen molar-refractivity contribution in [2.75, 3.05) is 6.61 Å². The molecule has 3 rings (SSSR count). The second-order valence-electron chi connectivity index (χ2n) is 5.91. The van der Waals surface area contributed by atoms with Gasteiger partial charge in [-0.05, 0) is 41.8 Å². The van der Waals surface area contributed by atoms with E-state index in [1.807, 2.05) is 56.3 Å². The lowest BCUT2D eigenvalue weighted by Gasteiger charge is -2.17. The second-order valence-corrected chi connectivity index (χ2v) is 5.91. The lowest BCUT2D eigenvalue weighted by atomic mass is 10.00. The molecule has 0 fully saturated rings. The van der Waals surface area contributed by atoms with Gasteiger partial charge in [0.2, 0.25) is 0 Å². The van der Waals surface area contributed by atoms with Crippen molar-refractivity contribution in [3.63, 3.8) is 0 Å². The van der Waals surface area contributed by atoms with Gasteiger partial charge < -0.3 is 10.1 Å². The summed E-state index contributed by atoms with van der Waals surface area (Å²) in [5.41, 5.74) is 2.13. The van der Waals surface area contributed by atoms with Gasteiger partial charge in [0.15, 0.2) is 6.61 Å². The molecule has 0 saturated carbocycles. The quantitative estimate of drug-likeness (QED) is 0.757. The van der Waals surface area contributed by atoms with E-state index in [0.29, 0.717) is 0 Å². The van der Waals surface area contributed by atoms with Crippen molar-refractivity contribution in [2.45, 2.75) is 19.9 Å². The Bertz CT molecular complexity index is 852. The summed E-state index contributed by atoms with van der Waals surface area (Å²) < 4.78 is 5.61. The van der Waals surface area contributed by atoms with Gasteiger partial charge in [-0.3, -0.25) is 4.79 Å². The Morgan fingerprint density at radius 1 is 1.00 bits per heavy atom. The normalized spacial score (nSPS) is 11.9. The van der Waals surface area contributed by atoms with Crippen molar-refractivity contribution in [1.82, 2.24) is 5.32 Å². The summed E-state index contributed by atoms with van der Waals surface area (Å²) in [7, 11) is 0. The highest BCUT2D eigenvalue weighted by Crippen LogP contribution is 2.24. The molecule has 0 aliphatic rings. The zero-order valence-corrected chi connectivity index (χ0v) is 14.0. The first-order valence-electron chi connectivity index (χ1n) is 8.10. The number of amides is 1. The van der Waals surface area contributed by atoms with E-state index in [1.165, 1.54) is 5.39 Å². The maximum atomic E-state index is 12.2. The Hall–Kier alpha value is -2.81. The fourth-order valence-electron chi connectivity index (χ4n) is 2.85. The van der Waals surface area contributed by atoms with Crippen molar-refractivity contribution in [3.05, 3.63) is 77.9 Å². The summed E-state index contributed by atoms with van der Waals surface area (Å²) in [5.74, 6) is 0.615. The van der Waals surface area contributed by atoms with Crippen LogP contribution in [0.3, 0.4) is 0 Å². The van der Waals surface area contributed by atoms with Crippen LogP contribution >= 0.6 is 0 Å². The van der Waals surface area contributed by atoms with Crippen LogP contribution in [0.15, 0.2) is 66.7 Å². The monoisotopic (exact) mass is 319 g/mol. The number of hydrogen-bond donors (Lipinski definition) is 1. The van der Waals surface area contributed by atoms with Crippen molar-refractivity contribution in [3.8, 4) is 5.75 Å². The van der Waals surface area contributed by atoms with Gasteiger partial charge in [0.1, 0.15) is 5.75 Å². The molecule has 0 aromatic heterocycles. The number of benzene rings is 3. The SMILES string of the molecule is Cc1ccccc1OCC(=O)NC(C)c1cccc2ccccc12. The number of para-hydroxylation sites is 1. The molecule has 0 aliphatic heterocycles. The minimum Gasteiger partial charge on any atom is -0.484 e. The number of aryl methyl sites for hydroxylation is 1. The van der Waals surface area contributed by atoms with Crippen molar-refractivity contribution in [1.29, 1.82) is 0 Å². The van der Waals surface area contributed by atoms with Crippen LogP contribution in [0.4, 0.5) is 0 Å². The van der Waals surface area contributed by atoms with Gasteiger partial charge in [-0.15, -0.1) is 0 Å². The highest BCUT2D eigenvalue weighted by atomic mass is 16.5. The number of carbonyl (C=O) groups is 1. The number of carbonyl (C=O) groups excluding carboxylic acids is 1. The van der Waals surface area contributed by atoms with Gasteiger partial charge in [0.25, 0.3) is 5.91 Å². The van der Waals surface area contributed by atoms with Gasteiger partial charge >= 0.3 is 0 Å². The first-order chi connectivity index (χ1) is 11.6. The summed E-state index contributed by atoms with van der Waals surface area (Å²) in [5, 5.41) is 5.35. The molecule has 1 N–H and O–H groups in total. The first kappa shape index (κ1) is 16.1. The van der Waals surface area contributed by atoms with Gasteiger partial charge in [-0.1, -0.05) is 60.7 Å². The molecule has 0 radical (unpaired) electrons. The van der Waals surface area contributed by atoms with Crippen LogP contribution in [-0.4, -0.2) is 12.5 Å². The molecule has 3 nitrogen and oxygen atoms in total. The highest BCUT2D eigenvalue weighted by molar-refractivity contribution is 5.87. The predicted molar refractivity (Wildman–Crippen MR) is 97.2 cm³/mol. The molecule has 122 valence electrons. The van der Waals surface area contributed by atoms with Crippen molar-refractivity contribution in [2.24, 2.45) is 0 Å². The molecule has 1 atom stereocenters. The third kappa shape index (κ3) is 3.57. The minimum atomic E-state index is -0.126. The molecule has 0 aliphatic carbocycles. The van der Waals surface area contributed by atoms with E-state index >= 15 is 0 Å². The molecular weight excluding hydrogens is 298 g/mol. The van der Waals surface area contributed by atoms with E-state index in [4.69, 9.17) is 4.74 Å². The topological polar surface area (TPSA) is 38.3 Å². The number of hydrogen-bond acceptors (Lipinski definition) is 2. The van der Waals surface area contributed by atoms with Gasteiger partial charge in [-0.2, -0.15) is 0 Å². The molecule has 0 spiro atoms. The van der Waals surface area contributed by atoms with E-state index in [1.54, 1.807) is 0 Å². The smallest absolute Gasteiger partial charge is 0.258 e. The molecule has 3 aromatic rings. The lowest BCUT2D eigenvalue weighted by molar-refractivity contribution is -0.123. The Balaban J connectivity index is 1.67. The summed E-state index contributed by atoms with van der Waals surface area (Å²) in [6.45, 7) is 3.97. The Morgan fingerprint density at radius 3 is 2.54 bits per heavy atom. The number of nitrogens with one attached hydrogen (secondary N) is 1. The lowest BCUT2D eigenvalue weighted by Crippen LogP contribution is -2.31. The van der Waals surface area contributed by atoms with Gasteiger partial charge in [0.05, 0.1) is 6.04 Å². The Morgan fingerprint density at radius 2 is 1.71 bits per heavy atom.